The fourth-order valence-corrected chi connectivity index (χ4v) is 3.19. The summed E-state index contributed by atoms with van der Waals surface area (Å²) in [5.74, 6) is -0.181. The number of ketones is 2. The first-order chi connectivity index (χ1) is 10.7. The van der Waals surface area contributed by atoms with Gasteiger partial charge in [-0.25, -0.2) is 0 Å². The fourth-order valence-electron chi connectivity index (χ4n) is 3.19. The van der Waals surface area contributed by atoms with Crippen LogP contribution < -0.4 is 5.32 Å². The molecule has 2 aromatic rings. The van der Waals surface area contributed by atoms with Gasteiger partial charge in [0.05, 0.1) is 11.3 Å². The van der Waals surface area contributed by atoms with E-state index >= 15 is 0 Å². The van der Waals surface area contributed by atoms with Crippen LogP contribution in [0.15, 0.2) is 48.2 Å². The first kappa shape index (κ1) is 12.8. The molecule has 4 rings (SSSR count). The molecule has 1 heterocycles. The van der Waals surface area contributed by atoms with Crippen molar-refractivity contribution < 1.29 is 14.7 Å². The SMILES string of the molecule is O=C1C2=C(C(=O)c3ccccc31)c1cccc(O)c1CCN2. The van der Waals surface area contributed by atoms with Crippen molar-refractivity contribution >= 4 is 17.1 Å². The van der Waals surface area contributed by atoms with Gasteiger partial charge in [-0.3, -0.25) is 9.59 Å². The zero-order valence-corrected chi connectivity index (χ0v) is 11.7. The Hall–Kier alpha value is -2.88. The van der Waals surface area contributed by atoms with Crippen LogP contribution in [0.1, 0.15) is 31.8 Å². The molecule has 108 valence electrons. The van der Waals surface area contributed by atoms with E-state index in [0.717, 1.165) is 0 Å². The maximum atomic E-state index is 12.9. The fraction of sp³-hybridized carbons (Fsp3) is 0.111. The number of allylic oxidation sites excluding steroid dienone is 2. The zero-order chi connectivity index (χ0) is 15.3. The summed E-state index contributed by atoms with van der Waals surface area (Å²) in [6.45, 7) is 0.505. The lowest BCUT2D eigenvalue weighted by Crippen LogP contribution is -2.29. The minimum absolute atomic E-state index is 0.159. The van der Waals surface area contributed by atoms with E-state index in [1.165, 1.54) is 0 Å². The summed E-state index contributed by atoms with van der Waals surface area (Å²) < 4.78 is 0. The molecule has 0 saturated heterocycles. The Morgan fingerprint density at radius 3 is 2.32 bits per heavy atom. The van der Waals surface area contributed by atoms with Crippen LogP contribution >= 0.6 is 0 Å². The van der Waals surface area contributed by atoms with Gasteiger partial charge in [0.25, 0.3) is 0 Å². The first-order valence-electron chi connectivity index (χ1n) is 7.16. The number of hydrogen-bond donors (Lipinski definition) is 2. The van der Waals surface area contributed by atoms with Crippen LogP contribution in [0.4, 0.5) is 0 Å². The molecule has 4 heteroatoms. The molecule has 22 heavy (non-hydrogen) atoms. The highest BCUT2D eigenvalue weighted by Crippen LogP contribution is 2.36. The van der Waals surface area contributed by atoms with E-state index in [2.05, 4.69) is 5.32 Å². The van der Waals surface area contributed by atoms with Gasteiger partial charge in [-0.05, 0) is 18.1 Å². The lowest BCUT2D eigenvalue weighted by molar-refractivity contribution is 0.0986. The topological polar surface area (TPSA) is 66.4 Å². The van der Waals surface area contributed by atoms with Crippen molar-refractivity contribution in [2.24, 2.45) is 0 Å². The molecule has 1 aliphatic heterocycles. The standard InChI is InChI=1S/C18H13NO3/c20-14-7-3-6-11-10(14)8-9-19-16-15(11)17(21)12-4-1-2-5-13(12)18(16)22/h1-7,19-20H,8-9H2. The molecule has 0 atom stereocenters. The van der Waals surface area contributed by atoms with Crippen LogP contribution in [-0.2, 0) is 6.42 Å². The van der Waals surface area contributed by atoms with Crippen molar-refractivity contribution in [2.75, 3.05) is 6.54 Å². The second kappa shape index (κ2) is 4.56. The number of Topliss-reactive ketones (excluding diaryl/α,β-unsaturated/α-hetero) is 2. The van der Waals surface area contributed by atoms with Crippen molar-refractivity contribution in [3.63, 3.8) is 0 Å². The largest absolute Gasteiger partial charge is 0.508 e. The van der Waals surface area contributed by atoms with Crippen molar-refractivity contribution in [1.29, 1.82) is 0 Å². The third-order valence-electron chi connectivity index (χ3n) is 4.22. The number of carbonyl (C=O) groups is 2. The van der Waals surface area contributed by atoms with Crippen molar-refractivity contribution in [3.05, 3.63) is 70.4 Å². The molecule has 2 N–H and O–H groups in total. The van der Waals surface area contributed by atoms with E-state index in [1.807, 2.05) is 0 Å². The molecule has 0 aromatic heterocycles. The van der Waals surface area contributed by atoms with Crippen LogP contribution in [-0.4, -0.2) is 23.2 Å². The van der Waals surface area contributed by atoms with Gasteiger partial charge in [0.2, 0.25) is 5.78 Å². The minimum atomic E-state index is -0.175. The molecule has 2 aliphatic rings. The van der Waals surface area contributed by atoms with Crippen LogP contribution in [0, 0.1) is 0 Å². The molecule has 2 aromatic carbocycles. The molecule has 0 bridgehead atoms. The third kappa shape index (κ3) is 1.64. The molecule has 0 fully saturated rings. The smallest absolute Gasteiger partial charge is 0.210 e. The molecule has 0 radical (unpaired) electrons. The molecular weight excluding hydrogens is 278 g/mol. The molecule has 0 unspecified atom stereocenters. The summed E-state index contributed by atoms with van der Waals surface area (Å²) in [6.07, 6.45) is 0.561. The molecule has 0 saturated carbocycles. The van der Waals surface area contributed by atoms with E-state index in [9.17, 15) is 14.7 Å². The highest BCUT2D eigenvalue weighted by molar-refractivity contribution is 6.40. The van der Waals surface area contributed by atoms with E-state index in [1.54, 1.807) is 42.5 Å². The van der Waals surface area contributed by atoms with Gasteiger partial charge in [-0.2, -0.15) is 0 Å². The number of aromatic hydroxyl groups is 1. The third-order valence-corrected chi connectivity index (χ3v) is 4.22. The van der Waals surface area contributed by atoms with Gasteiger partial charge in [0, 0.05) is 23.2 Å². The summed E-state index contributed by atoms with van der Waals surface area (Å²) >= 11 is 0. The van der Waals surface area contributed by atoms with E-state index in [4.69, 9.17) is 0 Å². The normalized spacial score (nSPS) is 16.4. The number of rotatable bonds is 0. The van der Waals surface area contributed by atoms with E-state index in [0.29, 0.717) is 46.5 Å². The van der Waals surface area contributed by atoms with Crippen LogP contribution in [0.25, 0.3) is 5.57 Å². The summed E-state index contributed by atoms with van der Waals surface area (Å²) in [4.78, 5) is 25.6. The summed E-state index contributed by atoms with van der Waals surface area (Å²) in [6, 6.07) is 11.9. The van der Waals surface area contributed by atoms with E-state index in [-0.39, 0.29) is 17.3 Å². The van der Waals surface area contributed by atoms with Crippen molar-refractivity contribution in [1.82, 2.24) is 5.32 Å². The Morgan fingerprint density at radius 1 is 0.864 bits per heavy atom. The molecule has 1 aliphatic carbocycles. The number of phenolic OH excluding ortho intramolecular Hbond substituents is 1. The van der Waals surface area contributed by atoms with Gasteiger partial charge in [0.15, 0.2) is 5.78 Å². The van der Waals surface area contributed by atoms with Crippen molar-refractivity contribution in [2.45, 2.75) is 6.42 Å². The molecule has 0 amide bonds. The van der Waals surface area contributed by atoms with Crippen molar-refractivity contribution in [3.8, 4) is 5.75 Å². The van der Waals surface area contributed by atoms with Crippen LogP contribution in [0.5, 0.6) is 5.75 Å². The average Bonchev–Trinajstić information content (AvgIpc) is 2.73. The zero-order valence-electron chi connectivity index (χ0n) is 11.7. The second-order valence-electron chi connectivity index (χ2n) is 5.43. The summed E-state index contributed by atoms with van der Waals surface area (Å²) in [7, 11) is 0. The van der Waals surface area contributed by atoms with Gasteiger partial charge >= 0.3 is 0 Å². The monoisotopic (exact) mass is 291 g/mol. The quantitative estimate of drug-likeness (QED) is 0.782. The Balaban J connectivity index is 2.03. The minimum Gasteiger partial charge on any atom is -0.508 e. The number of fused-ring (bicyclic) bond motifs is 3. The number of benzene rings is 2. The number of nitrogens with one attached hydrogen (secondary N) is 1. The molecule has 4 nitrogen and oxygen atoms in total. The Kier molecular flexibility index (Phi) is 2.66. The van der Waals surface area contributed by atoms with Gasteiger partial charge in [-0.1, -0.05) is 36.4 Å². The Morgan fingerprint density at radius 2 is 1.55 bits per heavy atom. The molecule has 0 spiro atoms. The van der Waals surface area contributed by atoms with Crippen LogP contribution in [0.3, 0.4) is 0 Å². The average molecular weight is 291 g/mol. The molecular formula is C18H13NO3. The Labute approximate surface area is 127 Å². The number of hydrogen-bond acceptors (Lipinski definition) is 4. The van der Waals surface area contributed by atoms with Gasteiger partial charge in [-0.15, -0.1) is 0 Å². The van der Waals surface area contributed by atoms with E-state index < -0.39 is 0 Å². The lowest BCUT2D eigenvalue weighted by atomic mass is 9.83. The predicted octanol–water partition coefficient (Wildman–Crippen LogP) is 2.33. The highest BCUT2D eigenvalue weighted by atomic mass is 16.3. The van der Waals surface area contributed by atoms with Crippen LogP contribution in [0.2, 0.25) is 0 Å². The summed E-state index contributed by atoms with van der Waals surface area (Å²) in [5.41, 5.74) is 2.92. The Bertz CT molecular complexity index is 864. The maximum absolute atomic E-state index is 12.9. The van der Waals surface area contributed by atoms with Gasteiger partial charge < -0.3 is 10.4 Å². The second-order valence-corrected chi connectivity index (χ2v) is 5.43. The first-order valence-corrected chi connectivity index (χ1v) is 7.16. The predicted molar refractivity (Wildman–Crippen MR) is 81.8 cm³/mol. The van der Waals surface area contributed by atoms with Gasteiger partial charge in [0.1, 0.15) is 5.75 Å². The number of carbonyl (C=O) groups excluding carboxylic acids is 2. The summed E-state index contributed by atoms with van der Waals surface area (Å²) in [5, 5.41) is 13.1. The lowest BCUT2D eigenvalue weighted by Gasteiger charge is -2.20. The maximum Gasteiger partial charge on any atom is 0.210 e. The highest BCUT2D eigenvalue weighted by Gasteiger charge is 2.35. The number of phenols is 1.